The number of hydrogen-bond acceptors (Lipinski definition) is 2. The number of carbonyl (C=O) groups is 2. The molecule has 2 aliphatic rings. The lowest BCUT2D eigenvalue weighted by atomic mass is 9.97. The zero-order chi connectivity index (χ0) is 13.1. The third-order valence-electron chi connectivity index (χ3n) is 4.05. The average Bonchev–Trinajstić information content (AvgIpc) is 2.65. The number of carboxylic acid groups (broad SMARTS) is 1. The summed E-state index contributed by atoms with van der Waals surface area (Å²) >= 11 is 0. The number of amides is 2. The largest absolute Gasteiger partial charge is 0.481 e. The van der Waals surface area contributed by atoms with Crippen LogP contribution in [0.5, 0.6) is 0 Å². The van der Waals surface area contributed by atoms with Gasteiger partial charge in [-0.1, -0.05) is 13.3 Å². The third kappa shape index (κ3) is 3.37. The Kier molecular flexibility index (Phi) is 4.09. The van der Waals surface area contributed by atoms with Crippen molar-refractivity contribution in [3.05, 3.63) is 0 Å². The summed E-state index contributed by atoms with van der Waals surface area (Å²) in [5.74, 6) is 0.774. The second kappa shape index (κ2) is 5.59. The first-order valence-electron chi connectivity index (χ1n) is 6.79. The molecule has 2 rings (SSSR count). The molecule has 0 aromatic heterocycles. The predicted molar refractivity (Wildman–Crippen MR) is 67.2 cm³/mol. The van der Waals surface area contributed by atoms with Gasteiger partial charge in [0.2, 0.25) is 0 Å². The first-order chi connectivity index (χ1) is 8.54. The van der Waals surface area contributed by atoms with Crippen LogP contribution in [-0.2, 0) is 4.79 Å². The van der Waals surface area contributed by atoms with E-state index in [1.807, 2.05) is 0 Å². The highest BCUT2D eigenvalue weighted by atomic mass is 16.4. The van der Waals surface area contributed by atoms with Crippen LogP contribution >= 0.6 is 0 Å². The van der Waals surface area contributed by atoms with Gasteiger partial charge in [0, 0.05) is 25.6 Å². The molecule has 2 fully saturated rings. The molecule has 18 heavy (non-hydrogen) atoms. The fraction of sp³-hybridized carbons (Fsp3) is 0.846. The highest BCUT2D eigenvalue weighted by molar-refractivity contribution is 5.75. The van der Waals surface area contributed by atoms with E-state index in [1.54, 1.807) is 4.90 Å². The molecule has 1 heterocycles. The average molecular weight is 254 g/mol. The topological polar surface area (TPSA) is 69.6 Å². The number of hydrogen-bond donors (Lipinski definition) is 2. The van der Waals surface area contributed by atoms with Crippen LogP contribution in [0, 0.1) is 17.8 Å². The van der Waals surface area contributed by atoms with E-state index in [1.165, 1.54) is 19.3 Å². The molecule has 2 atom stereocenters. The highest BCUT2D eigenvalue weighted by Crippen LogP contribution is 2.29. The van der Waals surface area contributed by atoms with Gasteiger partial charge in [-0.15, -0.1) is 0 Å². The SMILES string of the molecule is CC1CCC(CNC(=O)N2CC(CC(=O)O)C2)C1. The van der Waals surface area contributed by atoms with E-state index in [0.29, 0.717) is 19.0 Å². The maximum Gasteiger partial charge on any atom is 0.317 e. The van der Waals surface area contributed by atoms with Crippen LogP contribution in [0.3, 0.4) is 0 Å². The first-order valence-corrected chi connectivity index (χ1v) is 6.79. The van der Waals surface area contributed by atoms with Gasteiger partial charge in [0.1, 0.15) is 0 Å². The normalized spacial score (nSPS) is 27.9. The van der Waals surface area contributed by atoms with Crippen molar-refractivity contribution in [1.29, 1.82) is 0 Å². The Morgan fingerprint density at radius 1 is 1.28 bits per heavy atom. The van der Waals surface area contributed by atoms with Gasteiger partial charge in [-0.2, -0.15) is 0 Å². The molecule has 0 spiro atoms. The highest BCUT2D eigenvalue weighted by Gasteiger charge is 2.32. The van der Waals surface area contributed by atoms with E-state index < -0.39 is 5.97 Å². The van der Waals surface area contributed by atoms with Crippen LogP contribution in [0.1, 0.15) is 32.6 Å². The van der Waals surface area contributed by atoms with Crippen LogP contribution in [0.4, 0.5) is 4.79 Å². The van der Waals surface area contributed by atoms with E-state index in [-0.39, 0.29) is 18.4 Å². The molecule has 0 aromatic rings. The third-order valence-corrected chi connectivity index (χ3v) is 4.05. The Morgan fingerprint density at radius 2 is 2.00 bits per heavy atom. The van der Waals surface area contributed by atoms with Crippen molar-refractivity contribution in [1.82, 2.24) is 10.2 Å². The molecule has 5 nitrogen and oxygen atoms in total. The maximum atomic E-state index is 11.8. The fourth-order valence-electron chi connectivity index (χ4n) is 2.97. The fourth-order valence-corrected chi connectivity index (χ4v) is 2.97. The van der Waals surface area contributed by atoms with Crippen LogP contribution in [0.2, 0.25) is 0 Å². The number of urea groups is 1. The Bertz CT molecular complexity index is 326. The Hall–Kier alpha value is -1.26. The van der Waals surface area contributed by atoms with Crippen molar-refractivity contribution >= 4 is 12.0 Å². The van der Waals surface area contributed by atoms with Crippen LogP contribution in [0.15, 0.2) is 0 Å². The first kappa shape index (κ1) is 13.2. The minimum absolute atomic E-state index is 0.0313. The molecule has 0 bridgehead atoms. The van der Waals surface area contributed by atoms with Crippen LogP contribution in [0.25, 0.3) is 0 Å². The quantitative estimate of drug-likeness (QED) is 0.799. The van der Waals surface area contributed by atoms with E-state index in [4.69, 9.17) is 5.11 Å². The van der Waals surface area contributed by atoms with Crippen molar-refractivity contribution in [2.24, 2.45) is 17.8 Å². The molecule has 5 heteroatoms. The molecular formula is C13H22N2O3. The standard InChI is InChI=1S/C13H22N2O3/c1-9-2-3-10(4-9)6-14-13(18)15-7-11(8-15)5-12(16)17/h9-11H,2-8H2,1H3,(H,14,18)(H,16,17). The summed E-state index contributed by atoms with van der Waals surface area (Å²) in [7, 11) is 0. The molecule has 1 saturated carbocycles. The van der Waals surface area contributed by atoms with Crippen molar-refractivity contribution < 1.29 is 14.7 Å². The summed E-state index contributed by atoms with van der Waals surface area (Å²) in [6.07, 6.45) is 3.86. The van der Waals surface area contributed by atoms with Gasteiger partial charge in [0.25, 0.3) is 0 Å². The Morgan fingerprint density at radius 3 is 2.56 bits per heavy atom. The van der Waals surface area contributed by atoms with Crippen molar-refractivity contribution in [3.63, 3.8) is 0 Å². The molecule has 2 amide bonds. The zero-order valence-electron chi connectivity index (χ0n) is 10.9. The summed E-state index contributed by atoms with van der Waals surface area (Å²) in [5.41, 5.74) is 0. The number of aliphatic carboxylic acids is 1. The molecule has 0 radical (unpaired) electrons. The summed E-state index contributed by atoms with van der Waals surface area (Å²) in [6, 6.07) is -0.0313. The van der Waals surface area contributed by atoms with Gasteiger partial charge >= 0.3 is 12.0 Å². The second-order valence-electron chi connectivity index (χ2n) is 5.84. The molecule has 102 valence electrons. The minimum atomic E-state index is -0.778. The van der Waals surface area contributed by atoms with Gasteiger partial charge in [-0.05, 0) is 24.7 Å². The smallest absolute Gasteiger partial charge is 0.317 e. The number of carboxylic acids is 1. The number of nitrogens with zero attached hydrogens (tertiary/aromatic N) is 1. The number of rotatable bonds is 4. The second-order valence-corrected chi connectivity index (χ2v) is 5.84. The zero-order valence-corrected chi connectivity index (χ0v) is 10.9. The van der Waals surface area contributed by atoms with E-state index >= 15 is 0 Å². The van der Waals surface area contributed by atoms with Crippen LogP contribution < -0.4 is 5.32 Å². The Balaban J connectivity index is 1.60. The van der Waals surface area contributed by atoms with Crippen molar-refractivity contribution in [2.75, 3.05) is 19.6 Å². The summed E-state index contributed by atoms with van der Waals surface area (Å²) in [6.45, 7) is 4.19. The van der Waals surface area contributed by atoms with Crippen molar-refractivity contribution in [2.45, 2.75) is 32.6 Å². The van der Waals surface area contributed by atoms with Crippen molar-refractivity contribution in [3.8, 4) is 0 Å². The van der Waals surface area contributed by atoms with E-state index in [0.717, 1.165) is 12.5 Å². The minimum Gasteiger partial charge on any atom is -0.481 e. The van der Waals surface area contributed by atoms with Gasteiger partial charge in [-0.3, -0.25) is 4.79 Å². The maximum absolute atomic E-state index is 11.8. The summed E-state index contributed by atoms with van der Waals surface area (Å²) < 4.78 is 0. The number of carbonyl (C=O) groups excluding carboxylic acids is 1. The van der Waals surface area contributed by atoms with Gasteiger partial charge < -0.3 is 15.3 Å². The van der Waals surface area contributed by atoms with Crippen LogP contribution in [-0.4, -0.2) is 41.6 Å². The lowest BCUT2D eigenvalue weighted by Crippen LogP contribution is -2.54. The summed E-state index contributed by atoms with van der Waals surface area (Å²) in [4.78, 5) is 24.0. The lowest BCUT2D eigenvalue weighted by Gasteiger charge is -2.38. The van der Waals surface area contributed by atoms with Gasteiger partial charge in [0.15, 0.2) is 0 Å². The van der Waals surface area contributed by atoms with Gasteiger partial charge in [0.05, 0.1) is 6.42 Å². The molecule has 1 aliphatic carbocycles. The molecular weight excluding hydrogens is 232 g/mol. The van der Waals surface area contributed by atoms with E-state index in [9.17, 15) is 9.59 Å². The van der Waals surface area contributed by atoms with E-state index in [2.05, 4.69) is 12.2 Å². The predicted octanol–water partition coefficient (Wildman–Crippen LogP) is 1.54. The van der Waals surface area contributed by atoms with Gasteiger partial charge in [-0.25, -0.2) is 4.79 Å². The monoisotopic (exact) mass is 254 g/mol. The molecule has 1 saturated heterocycles. The molecule has 2 N–H and O–H groups in total. The molecule has 2 unspecified atom stereocenters. The lowest BCUT2D eigenvalue weighted by molar-refractivity contribution is -0.139. The summed E-state index contributed by atoms with van der Waals surface area (Å²) in [5, 5.41) is 11.6. The molecule has 0 aromatic carbocycles. The number of likely N-dealkylation sites (tertiary alicyclic amines) is 1. The Labute approximate surface area is 108 Å². The number of nitrogens with one attached hydrogen (secondary N) is 1. The molecule has 1 aliphatic heterocycles.